The van der Waals surface area contributed by atoms with E-state index in [2.05, 4.69) is 0 Å². The third kappa shape index (κ3) is 6.70. The normalized spacial score (nSPS) is 34.6. The quantitative estimate of drug-likeness (QED) is 0.250. The first-order valence-electron chi connectivity index (χ1n) is 8.43. The third-order valence-electron chi connectivity index (χ3n) is 4.13. The molecule has 150 valence electrons. The molecule has 0 amide bonds. The van der Waals surface area contributed by atoms with E-state index in [1.54, 1.807) is 0 Å². The molecule has 1 heterocycles. The summed E-state index contributed by atoms with van der Waals surface area (Å²) in [6, 6.07) is 0. The molecule has 0 saturated carbocycles. The van der Waals surface area contributed by atoms with Crippen LogP contribution in [0.1, 0.15) is 33.6 Å². The van der Waals surface area contributed by atoms with Gasteiger partial charge in [-0.3, -0.25) is 0 Å². The maximum absolute atomic E-state index is 10.2. The molecule has 1 fully saturated rings. The fourth-order valence-electron chi connectivity index (χ4n) is 2.83. The van der Waals surface area contributed by atoms with Crippen molar-refractivity contribution in [3.63, 3.8) is 0 Å². The van der Waals surface area contributed by atoms with Crippen LogP contribution < -0.4 is 0 Å². The van der Waals surface area contributed by atoms with E-state index < -0.39 is 62.2 Å². The van der Waals surface area contributed by atoms with Crippen molar-refractivity contribution in [2.45, 2.75) is 82.6 Å². The minimum Gasteiger partial charge on any atom is -0.394 e. The molecular weight excluding hydrogens is 336 g/mol. The summed E-state index contributed by atoms with van der Waals surface area (Å²) in [7, 11) is 0. The first-order chi connectivity index (χ1) is 11.5. The number of rotatable bonds is 8. The predicted octanol–water partition coefficient (Wildman–Crippen LogP) is -2.29. The van der Waals surface area contributed by atoms with Gasteiger partial charge in [-0.2, -0.15) is 0 Å². The van der Waals surface area contributed by atoms with Gasteiger partial charge >= 0.3 is 0 Å². The van der Waals surface area contributed by atoms with Crippen LogP contribution in [0.5, 0.6) is 0 Å². The molecule has 0 spiro atoms. The van der Waals surface area contributed by atoms with Crippen LogP contribution in [0.4, 0.5) is 0 Å². The fraction of sp³-hybridized carbons (Fsp3) is 1.00. The Hall–Kier alpha value is -0.360. The van der Waals surface area contributed by atoms with Crippen LogP contribution in [-0.2, 0) is 9.47 Å². The molecule has 8 atom stereocenters. The average molecular weight is 368 g/mol. The largest absolute Gasteiger partial charge is 0.394 e. The van der Waals surface area contributed by atoms with Crippen molar-refractivity contribution in [2.24, 2.45) is 5.41 Å². The standard InChI is InChI=1S/C16H32O9/c1-16(2,3)5-8(19)4-10(9(20)6-17)24-15-14(23)13(22)12(21)11(7-18)25-15/h8-15,17-23H,4-7H2,1-3H3/t8?,9?,10?,11?,12-,13?,14-,15+/m0/s1. The second kappa shape index (κ2) is 9.54. The van der Waals surface area contributed by atoms with Gasteiger partial charge in [-0.1, -0.05) is 20.8 Å². The Bertz CT molecular complexity index is 384. The molecule has 1 aliphatic rings. The molecule has 9 nitrogen and oxygen atoms in total. The number of hydrogen-bond donors (Lipinski definition) is 7. The molecule has 1 saturated heterocycles. The molecule has 25 heavy (non-hydrogen) atoms. The minimum atomic E-state index is -1.62. The van der Waals surface area contributed by atoms with Crippen LogP contribution >= 0.6 is 0 Å². The molecule has 1 aliphatic heterocycles. The maximum atomic E-state index is 10.2. The van der Waals surface area contributed by atoms with Crippen molar-refractivity contribution in [2.75, 3.05) is 13.2 Å². The van der Waals surface area contributed by atoms with Gasteiger partial charge in [-0.25, -0.2) is 0 Å². The summed E-state index contributed by atoms with van der Waals surface area (Å²) in [6.45, 7) is 4.57. The lowest BCUT2D eigenvalue weighted by Gasteiger charge is -2.41. The zero-order chi connectivity index (χ0) is 19.4. The molecule has 7 N–H and O–H groups in total. The van der Waals surface area contributed by atoms with E-state index in [0.717, 1.165) is 0 Å². The smallest absolute Gasteiger partial charge is 0.187 e. The van der Waals surface area contributed by atoms with Gasteiger partial charge in [0.05, 0.1) is 25.4 Å². The maximum Gasteiger partial charge on any atom is 0.187 e. The molecule has 0 aromatic carbocycles. The Morgan fingerprint density at radius 3 is 2.08 bits per heavy atom. The highest BCUT2D eigenvalue weighted by Gasteiger charge is 2.45. The van der Waals surface area contributed by atoms with Crippen molar-refractivity contribution in [1.29, 1.82) is 0 Å². The van der Waals surface area contributed by atoms with E-state index in [1.807, 2.05) is 20.8 Å². The second-order valence-electron chi connectivity index (χ2n) is 7.78. The monoisotopic (exact) mass is 368 g/mol. The van der Waals surface area contributed by atoms with Crippen LogP contribution in [0.25, 0.3) is 0 Å². The topological polar surface area (TPSA) is 160 Å². The number of aliphatic hydroxyl groups excluding tert-OH is 7. The van der Waals surface area contributed by atoms with Crippen molar-refractivity contribution in [3.8, 4) is 0 Å². The van der Waals surface area contributed by atoms with Crippen molar-refractivity contribution < 1.29 is 45.2 Å². The van der Waals surface area contributed by atoms with Gasteiger partial charge in [0.1, 0.15) is 30.5 Å². The summed E-state index contributed by atoms with van der Waals surface area (Å²) >= 11 is 0. The van der Waals surface area contributed by atoms with Crippen LogP contribution in [0.2, 0.25) is 0 Å². The van der Waals surface area contributed by atoms with Crippen LogP contribution in [0.3, 0.4) is 0 Å². The van der Waals surface area contributed by atoms with E-state index in [9.17, 15) is 35.7 Å². The van der Waals surface area contributed by atoms with Crippen molar-refractivity contribution in [1.82, 2.24) is 0 Å². The first-order valence-corrected chi connectivity index (χ1v) is 8.43. The highest BCUT2D eigenvalue weighted by atomic mass is 16.7. The molecular formula is C16H32O9. The summed E-state index contributed by atoms with van der Waals surface area (Å²) < 4.78 is 10.7. The Morgan fingerprint density at radius 1 is 1.00 bits per heavy atom. The van der Waals surface area contributed by atoms with E-state index >= 15 is 0 Å². The van der Waals surface area contributed by atoms with Gasteiger partial charge in [0, 0.05) is 6.42 Å². The fourth-order valence-corrected chi connectivity index (χ4v) is 2.83. The van der Waals surface area contributed by atoms with Gasteiger partial charge in [0.15, 0.2) is 6.29 Å². The van der Waals surface area contributed by atoms with Crippen LogP contribution in [-0.4, -0.2) is 98.0 Å². The first kappa shape index (κ1) is 22.7. The minimum absolute atomic E-state index is 0.0337. The lowest BCUT2D eigenvalue weighted by Crippen LogP contribution is -2.60. The van der Waals surface area contributed by atoms with Crippen LogP contribution in [0.15, 0.2) is 0 Å². The summed E-state index contributed by atoms with van der Waals surface area (Å²) in [6.07, 6.45) is -10.2. The molecule has 0 aromatic rings. The molecule has 0 aromatic heterocycles. The number of hydrogen-bond acceptors (Lipinski definition) is 9. The Morgan fingerprint density at radius 2 is 1.60 bits per heavy atom. The molecule has 9 heteroatoms. The summed E-state index contributed by atoms with van der Waals surface area (Å²) in [5, 5.41) is 68.0. The number of ether oxygens (including phenoxy) is 2. The zero-order valence-electron chi connectivity index (χ0n) is 14.9. The highest BCUT2D eigenvalue weighted by molar-refractivity contribution is 4.90. The van der Waals surface area contributed by atoms with E-state index in [1.165, 1.54) is 0 Å². The van der Waals surface area contributed by atoms with Gasteiger partial charge in [-0.05, 0) is 11.8 Å². The third-order valence-corrected chi connectivity index (χ3v) is 4.13. The molecule has 1 rings (SSSR count). The van der Waals surface area contributed by atoms with Gasteiger partial charge < -0.3 is 45.2 Å². The highest BCUT2D eigenvalue weighted by Crippen LogP contribution is 2.27. The van der Waals surface area contributed by atoms with Crippen LogP contribution in [0, 0.1) is 5.41 Å². The number of aliphatic hydroxyl groups is 7. The Kier molecular flexibility index (Phi) is 8.65. The van der Waals surface area contributed by atoms with Gasteiger partial charge in [-0.15, -0.1) is 0 Å². The SMILES string of the molecule is CC(C)(C)CC(O)CC(O[C@@H]1OC(CO)[C@H](O)C(O)[C@@H]1O)C(O)CO. The van der Waals surface area contributed by atoms with Crippen molar-refractivity contribution >= 4 is 0 Å². The second-order valence-corrected chi connectivity index (χ2v) is 7.78. The zero-order valence-corrected chi connectivity index (χ0v) is 14.9. The lowest BCUT2D eigenvalue weighted by molar-refractivity contribution is -0.319. The molecule has 0 aliphatic carbocycles. The van der Waals surface area contributed by atoms with Crippen molar-refractivity contribution in [3.05, 3.63) is 0 Å². The van der Waals surface area contributed by atoms with E-state index in [4.69, 9.17) is 9.47 Å². The Labute approximate surface area is 147 Å². The summed E-state index contributed by atoms with van der Waals surface area (Å²) in [4.78, 5) is 0. The average Bonchev–Trinajstić information content (AvgIpc) is 2.51. The van der Waals surface area contributed by atoms with E-state index in [0.29, 0.717) is 6.42 Å². The molecule has 0 radical (unpaired) electrons. The summed E-state index contributed by atoms with van der Waals surface area (Å²) in [5.41, 5.74) is -0.169. The van der Waals surface area contributed by atoms with Gasteiger partial charge in [0.25, 0.3) is 0 Å². The summed E-state index contributed by atoms with van der Waals surface area (Å²) in [5.74, 6) is 0. The predicted molar refractivity (Wildman–Crippen MR) is 86.4 cm³/mol. The molecule has 0 bridgehead atoms. The lowest BCUT2D eigenvalue weighted by atomic mass is 9.87. The van der Waals surface area contributed by atoms with Gasteiger partial charge in [0.2, 0.25) is 0 Å². The van der Waals surface area contributed by atoms with E-state index in [-0.39, 0.29) is 11.8 Å². The molecule has 5 unspecified atom stereocenters. The Balaban J connectivity index is 2.80.